The van der Waals surface area contributed by atoms with Crippen LogP contribution in [0.5, 0.6) is 0 Å². The van der Waals surface area contributed by atoms with E-state index in [4.69, 9.17) is 0 Å². The summed E-state index contributed by atoms with van der Waals surface area (Å²) in [6, 6.07) is 9.73. The number of nitrogens with one attached hydrogen (secondary N) is 2. The Morgan fingerprint density at radius 1 is 1.29 bits per heavy atom. The lowest BCUT2D eigenvalue weighted by molar-refractivity contribution is -0.122. The summed E-state index contributed by atoms with van der Waals surface area (Å²) in [4.78, 5) is 13.6. The predicted molar refractivity (Wildman–Crippen MR) is 63.4 cm³/mol. The highest BCUT2D eigenvalue weighted by Gasteiger charge is 2.43. The fourth-order valence-corrected chi connectivity index (χ4v) is 2.08. The molecule has 92 valence electrons. The quantitative estimate of drug-likeness (QED) is 0.762. The Morgan fingerprint density at radius 2 is 1.94 bits per heavy atom. The zero-order chi connectivity index (χ0) is 12.5. The van der Waals surface area contributed by atoms with Crippen LogP contribution in [0.1, 0.15) is 17.9 Å². The van der Waals surface area contributed by atoms with Crippen molar-refractivity contribution in [3.8, 4) is 0 Å². The van der Waals surface area contributed by atoms with Gasteiger partial charge >= 0.3 is 0 Å². The van der Waals surface area contributed by atoms with Gasteiger partial charge in [0, 0.05) is 5.92 Å². The van der Waals surface area contributed by atoms with Gasteiger partial charge in [0.15, 0.2) is 0 Å². The van der Waals surface area contributed by atoms with Gasteiger partial charge in [0.1, 0.15) is 0 Å². The van der Waals surface area contributed by atoms with Crippen LogP contribution in [0.15, 0.2) is 30.3 Å². The molecule has 17 heavy (non-hydrogen) atoms. The van der Waals surface area contributed by atoms with Gasteiger partial charge < -0.3 is 0 Å². The monoisotopic (exact) mass is 254 g/mol. The lowest BCUT2D eigenvalue weighted by atomic mass is 10.1. The van der Waals surface area contributed by atoms with Crippen molar-refractivity contribution in [3.63, 3.8) is 0 Å². The maximum absolute atomic E-state index is 11.6. The minimum atomic E-state index is -3.39. The number of hydrazine groups is 1. The van der Waals surface area contributed by atoms with Gasteiger partial charge in [-0.05, 0) is 17.9 Å². The first kappa shape index (κ1) is 12.1. The molecule has 1 saturated carbocycles. The molecule has 0 aliphatic heterocycles. The molecule has 1 aromatic carbocycles. The van der Waals surface area contributed by atoms with E-state index in [2.05, 4.69) is 5.43 Å². The van der Waals surface area contributed by atoms with E-state index >= 15 is 0 Å². The standard InChI is InChI=1S/C11H14N2O3S/c1-17(15,16)13-12-11(14)10-7-9(10)8-5-3-2-4-6-8/h2-6,9-10,13H,7H2,1H3,(H,12,14)/t9-,10+/m1/s1. The molecular formula is C11H14N2O3S. The molecule has 6 heteroatoms. The number of rotatable bonds is 4. The molecule has 5 nitrogen and oxygen atoms in total. The molecule has 1 aliphatic carbocycles. The number of amides is 1. The molecule has 1 amide bonds. The number of hydrogen-bond acceptors (Lipinski definition) is 3. The van der Waals surface area contributed by atoms with E-state index in [0.717, 1.165) is 18.2 Å². The fourth-order valence-electron chi connectivity index (χ4n) is 1.79. The Labute approximate surface area is 100 Å². The number of benzene rings is 1. The summed E-state index contributed by atoms with van der Waals surface area (Å²) >= 11 is 0. The predicted octanol–water partition coefficient (Wildman–Crippen LogP) is 0.370. The van der Waals surface area contributed by atoms with Crippen LogP contribution in [0.3, 0.4) is 0 Å². The molecule has 2 N–H and O–H groups in total. The number of carbonyl (C=O) groups excluding carboxylic acids is 1. The van der Waals surface area contributed by atoms with Crippen LogP contribution in [0.25, 0.3) is 0 Å². The van der Waals surface area contributed by atoms with Gasteiger partial charge in [0.05, 0.1) is 6.26 Å². The third kappa shape index (κ3) is 3.28. The van der Waals surface area contributed by atoms with Crippen LogP contribution in [-0.2, 0) is 14.8 Å². The largest absolute Gasteiger partial charge is 0.278 e. The topological polar surface area (TPSA) is 75.3 Å². The van der Waals surface area contributed by atoms with Crippen molar-refractivity contribution < 1.29 is 13.2 Å². The Morgan fingerprint density at radius 3 is 2.53 bits per heavy atom. The SMILES string of the molecule is CS(=O)(=O)NNC(=O)[C@H]1C[C@@H]1c1ccccc1. The Hall–Kier alpha value is -1.40. The van der Waals surface area contributed by atoms with Crippen molar-refractivity contribution in [1.29, 1.82) is 0 Å². The van der Waals surface area contributed by atoms with E-state index in [1.54, 1.807) is 0 Å². The molecule has 1 fully saturated rings. The third-order valence-corrected chi connectivity index (χ3v) is 3.19. The van der Waals surface area contributed by atoms with Crippen molar-refractivity contribution in [2.24, 2.45) is 5.92 Å². The summed E-state index contributed by atoms with van der Waals surface area (Å²) in [5.74, 6) is -0.200. The Bertz CT molecular complexity index is 513. The summed E-state index contributed by atoms with van der Waals surface area (Å²) in [5, 5.41) is 0. The van der Waals surface area contributed by atoms with Crippen molar-refractivity contribution >= 4 is 15.9 Å². The maximum atomic E-state index is 11.6. The first-order valence-corrected chi connectivity index (χ1v) is 7.18. The molecule has 0 heterocycles. The second-order valence-corrected chi connectivity index (χ2v) is 5.97. The van der Waals surface area contributed by atoms with Crippen LogP contribution in [0.2, 0.25) is 0 Å². The number of hydrogen-bond donors (Lipinski definition) is 2. The third-order valence-electron chi connectivity index (χ3n) is 2.71. The van der Waals surface area contributed by atoms with E-state index in [0.29, 0.717) is 0 Å². The molecule has 0 saturated heterocycles. The highest BCUT2D eigenvalue weighted by molar-refractivity contribution is 7.88. The van der Waals surface area contributed by atoms with Crippen LogP contribution in [0, 0.1) is 5.92 Å². The second kappa shape index (κ2) is 4.46. The van der Waals surface area contributed by atoms with Gasteiger partial charge in [-0.2, -0.15) is 0 Å². The van der Waals surface area contributed by atoms with E-state index in [1.165, 1.54) is 0 Å². The fraction of sp³-hybridized carbons (Fsp3) is 0.364. The van der Waals surface area contributed by atoms with Gasteiger partial charge in [-0.3, -0.25) is 10.2 Å². The van der Waals surface area contributed by atoms with Gasteiger partial charge in [-0.1, -0.05) is 30.3 Å². The second-order valence-electron chi connectivity index (χ2n) is 4.22. The smallest absolute Gasteiger partial charge is 0.238 e. The van der Waals surface area contributed by atoms with E-state index in [-0.39, 0.29) is 17.7 Å². The zero-order valence-corrected chi connectivity index (χ0v) is 10.2. The van der Waals surface area contributed by atoms with Crippen LogP contribution in [0.4, 0.5) is 0 Å². The van der Waals surface area contributed by atoms with E-state index in [9.17, 15) is 13.2 Å². The maximum Gasteiger partial charge on any atom is 0.238 e. The minimum Gasteiger partial charge on any atom is -0.278 e. The highest BCUT2D eigenvalue weighted by atomic mass is 32.2. The molecule has 0 spiro atoms. The summed E-state index contributed by atoms with van der Waals surface area (Å²) in [7, 11) is -3.39. The average Bonchev–Trinajstić information content (AvgIpc) is 3.06. The average molecular weight is 254 g/mol. The van der Waals surface area contributed by atoms with Gasteiger partial charge in [-0.25, -0.2) is 8.42 Å². The van der Waals surface area contributed by atoms with Crippen molar-refractivity contribution in [1.82, 2.24) is 10.3 Å². The molecule has 1 aromatic rings. The molecule has 0 radical (unpaired) electrons. The van der Waals surface area contributed by atoms with Crippen molar-refractivity contribution in [3.05, 3.63) is 35.9 Å². The van der Waals surface area contributed by atoms with E-state index < -0.39 is 10.0 Å². The van der Waals surface area contributed by atoms with Crippen LogP contribution < -0.4 is 10.3 Å². The summed E-state index contributed by atoms with van der Waals surface area (Å²) in [5.41, 5.74) is 3.32. The molecule has 0 bridgehead atoms. The van der Waals surface area contributed by atoms with E-state index in [1.807, 2.05) is 35.2 Å². The highest BCUT2D eigenvalue weighted by Crippen LogP contribution is 2.47. The summed E-state index contributed by atoms with van der Waals surface area (Å²) in [6.45, 7) is 0. The zero-order valence-electron chi connectivity index (χ0n) is 9.38. The molecule has 2 atom stereocenters. The van der Waals surface area contributed by atoms with Gasteiger partial charge in [0.25, 0.3) is 0 Å². The molecular weight excluding hydrogens is 240 g/mol. The summed E-state index contributed by atoms with van der Waals surface area (Å²) in [6.07, 6.45) is 1.76. The molecule has 0 unspecified atom stereocenters. The van der Waals surface area contributed by atoms with Crippen LogP contribution in [-0.4, -0.2) is 20.6 Å². The number of sulfonamides is 1. The van der Waals surface area contributed by atoms with Crippen LogP contribution >= 0.6 is 0 Å². The van der Waals surface area contributed by atoms with Gasteiger partial charge in [-0.15, -0.1) is 4.83 Å². The lowest BCUT2D eigenvalue weighted by Gasteiger charge is -2.04. The Kier molecular flexibility index (Phi) is 3.17. The van der Waals surface area contributed by atoms with Crippen molar-refractivity contribution in [2.75, 3.05) is 6.26 Å². The minimum absolute atomic E-state index is 0.133. The Balaban J connectivity index is 1.89. The van der Waals surface area contributed by atoms with Gasteiger partial charge in [0.2, 0.25) is 15.9 Å². The molecule has 0 aromatic heterocycles. The van der Waals surface area contributed by atoms with Crippen molar-refractivity contribution in [2.45, 2.75) is 12.3 Å². The first-order chi connectivity index (χ1) is 7.97. The molecule has 1 aliphatic rings. The summed E-state index contributed by atoms with van der Waals surface area (Å²) < 4.78 is 21.6. The number of carbonyl (C=O) groups is 1. The normalized spacial score (nSPS) is 23.1. The lowest BCUT2D eigenvalue weighted by Crippen LogP contribution is -2.41. The first-order valence-electron chi connectivity index (χ1n) is 5.29. The molecule has 2 rings (SSSR count).